The molecular weight excluding hydrogens is 482 g/mol. The highest BCUT2D eigenvalue weighted by Gasteiger charge is 2.16. The average molecular weight is 500 g/mol. The molecule has 2 aromatic heterocycles. The zero-order chi connectivity index (χ0) is 23.3. The Kier molecular flexibility index (Phi) is 6.82. The molecule has 2 heterocycles. The Morgan fingerprint density at radius 1 is 0.939 bits per heavy atom. The van der Waals surface area contributed by atoms with Gasteiger partial charge in [0, 0.05) is 16.6 Å². The van der Waals surface area contributed by atoms with E-state index in [1.807, 2.05) is 35.7 Å². The molecule has 0 saturated heterocycles. The van der Waals surface area contributed by atoms with Crippen LogP contribution in [0.4, 0.5) is 10.8 Å². The van der Waals surface area contributed by atoms with Gasteiger partial charge in [-0.3, -0.25) is 14.8 Å². The number of rotatable bonds is 8. The van der Waals surface area contributed by atoms with Crippen molar-refractivity contribution >= 4 is 55.4 Å². The maximum absolute atomic E-state index is 12.3. The zero-order valence-electron chi connectivity index (χ0n) is 16.9. The number of ether oxygens (including phenoxy) is 1. The summed E-state index contributed by atoms with van der Waals surface area (Å²) >= 11 is 2.37. The first-order valence-electron chi connectivity index (χ1n) is 9.55. The number of carbonyl (C=O) groups excluding carboxylic acids is 2. The van der Waals surface area contributed by atoms with Crippen LogP contribution in [0.5, 0.6) is 0 Å². The lowest BCUT2D eigenvalue weighted by Crippen LogP contribution is -2.20. The molecule has 0 unspecified atom stereocenters. The van der Waals surface area contributed by atoms with Gasteiger partial charge in [0.1, 0.15) is 4.21 Å². The van der Waals surface area contributed by atoms with Crippen molar-refractivity contribution in [3.05, 3.63) is 83.1 Å². The smallest absolute Gasteiger partial charge is 0.338 e. The van der Waals surface area contributed by atoms with Crippen molar-refractivity contribution in [3.63, 3.8) is 0 Å². The number of thiazole rings is 1. The highest BCUT2D eigenvalue weighted by atomic mass is 32.2. The van der Waals surface area contributed by atoms with Crippen molar-refractivity contribution in [1.82, 2.24) is 4.98 Å². The monoisotopic (exact) mass is 499 g/mol. The number of hydrogen-bond acceptors (Lipinski definition) is 8. The third-order valence-electron chi connectivity index (χ3n) is 4.29. The predicted molar refractivity (Wildman–Crippen MR) is 128 cm³/mol. The van der Waals surface area contributed by atoms with Crippen molar-refractivity contribution < 1.29 is 22.7 Å². The Hall–Kier alpha value is -3.54. The number of sulfonamides is 1. The van der Waals surface area contributed by atoms with Crippen LogP contribution >= 0.6 is 22.7 Å². The number of nitrogens with zero attached hydrogens (tertiary/aromatic N) is 1. The number of aromatic nitrogens is 1. The maximum Gasteiger partial charge on any atom is 0.338 e. The van der Waals surface area contributed by atoms with Crippen molar-refractivity contribution in [2.75, 3.05) is 16.6 Å². The second kappa shape index (κ2) is 9.94. The summed E-state index contributed by atoms with van der Waals surface area (Å²) < 4.78 is 32.2. The van der Waals surface area contributed by atoms with E-state index in [-0.39, 0.29) is 9.77 Å². The van der Waals surface area contributed by atoms with Crippen LogP contribution in [-0.4, -0.2) is 31.9 Å². The normalized spacial score (nSPS) is 11.0. The summed E-state index contributed by atoms with van der Waals surface area (Å²) in [7, 11) is -3.68. The van der Waals surface area contributed by atoms with Crippen LogP contribution in [0.2, 0.25) is 0 Å². The summed E-state index contributed by atoms with van der Waals surface area (Å²) in [4.78, 5) is 28.7. The second-order valence-corrected chi connectivity index (χ2v) is 10.4. The fourth-order valence-electron chi connectivity index (χ4n) is 2.74. The first-order chi connectivity index (χ1) is 15.9. The fourth-order valence-corrected chi connectivity index (χ4v) is 5.53. The molecule has 0 spiro atoms. The molecule has 2 aromatic carbocycles. The van der Waals surface area contributed by atoms with E-state index in [0.29, 0.717) is 10.8 Å². The Balaban J connectivity index is 1.29. The van der Waals surface area contributed by atoms with E-state index in [1.165, 1.54) is 41.7 Å². The van der Waals surface area contributed by atoms with E-state index in [9.17, 15) is 18.0 Å². The molecule has 4 aromatic rings. The number of amides is 1. The molecule has 8 nitrogen and oxygen atoms in total. The van der Waals surface area contributed by atoms with Crippen molar-refractivity contribution in [2.45, 2.75) is 4.21 Å². The standard InChI is InChI=1S/C22H17N3O5S3/c26-19(24-22-23-18(14-32-22)15-5-2-1-3-6-15)13-30-21(27)16-8-10-17(11-9-16)25-33(28,29)20-7-4-12-31-20/h1-12,14,25H,13H2,(H,23,24,26). The molecule has 4 rings (SSSR count). The topological polar surface area (TPSA) is 114 Å². The van der Waals surface area contributed by atoms with Crippen molar-refractivity contribution in [1.29, 1.82) is 0 Å². The van der Waals surface area contributed by atoms with Gasteiger partial charge in [-0.25, -0.2) is 18.2 Å². The van der Waals surface area contributed by atoms with Crippen molar-refractivity contribution in [2.24, 2.45) is 0 Å². The quantitative estimate of drug-likeness (QED) is 0.346. The van der Waals surface area contributed by atoms with Crippen LogP contribution < -0.4 is 10.0 Å². The summed E-state index contributed by atoms with van der Waals surface area (Å²) in [5.41, 5.74) is 2.16. The van der Waals surface area contributed by atoms with Gasteiger partial charge in [-0.2, -0.15) is 0 Å². The average Bonchev–Trinajstić information content (AvgIpc) is 3.51. The summed E-state index contributed by atoms with van der Waals surface area (Å²) in [6.07, 6.45) is 0. The molecule has 0 aliphatic rings. The number of hydrogen-bond donors (Lipinski definition) is 2. The van der Waals surface area contributed by atoms with E-state index in [1.54, 1.807) is 11.4 Å². The van der Waals surface area contributed by atoms with Gasteiger partial charge in [0.25, 0.3) is 15.9 Å². The fraction of sp³-hybridized carbons (Fsp3) is 0.0455. The van der Waals surface area contributed by atoms with Crippen LogP contribution in [0.3, 0.4) is 0 Å². The molecule has 0 bridgehead atoms. The molecule has 0 atom stereocenters. The van der Waals surface area contributed by atoms with Gasteiger partial charge < -0.3 is 4.74 Å². The summed E-state index contributed by atoms with van der Waals surface area (Å²) in [5.74, 6) is -1.22. The number of esters is 1. The molecular formula is C22H17N3O5S3. The molecule has 168 valence electrons. The van der Waals surface area contributed by atoms with Crippen LogP contribution in [-0.2, 0) is 19.6 Å². The number of thiophene rings is 1. The second-order valence-electron chi connectivity index (χ2n) is 6.64. The van der Waals surface area contributed by atoms with Gasteiger partial charge in [-0.1, -0.05) is 36.4 Å². The minimum atomic E-state index is -3.68. The molecule has 0 fully saturated rings. The van der Waals surface area contributed by atoms with E-state index in [0.717, 1.165) is 22.6 Å². The third kappa shape index (κ3) is 5.83. The van der Waals surface area contributed by atoms with Gasteiger partial charge in [0.15, 0.2) is 11.7 Å². The third-order valence-corrected chi connectivity index (χ3v) is 7.82. The molecule has 1 amide bonds. The van der Waals surface area contributed by atoms with Gasteiger partial charge >= 0.3 is 5.97 Å². The summed E-state index contributed by atoms with van der Waals surface area (Å²) in [5, 5.41) is 6.49. The molecule has 0 saturated carbocycles. The van der Waals surface area contributed by atoms with E-state index in [4.69, 9.17) is 4.74 Å². The first kappa shape index (κ1) is 22.6. The Morgan fingerprint density at radius 3 is 2.39 bits per heavy atom. The summed E-state index contributed by atoms with van der Waals surface area (Å²) in [6.45, 7) is -0.480. The largest absolute Gasteiger partial charge is 0.452 e. The lowest BCUT2D eigenvalue weighted by molar-refractivity contribution is -0.119. The molecule has 2 N–H and O–H groups in total. The van der Waals surface area contributed by atoms with Crippen LogP contribution in [0.25, 0.3) is 11.3 Å². The first-order valence-corrected chi connectivity index (χ1v) is 12.8. The number of nitrogens with one attached hydrogen (secondary N) is 2. The number of anilines is 2. The highest BCUT2D eigenvalue weighted by Crippen LogP contribution is 2.24. The van der Waals surface area contributed by atoms with Gasteiger partial charge in [0.2, 0.25) is 0 Å². The van der Waals surface area contributed by atoms with Crippen LogP contribution in [0.1, 0.15) is 10.4 Å². The predicted octanol–water partition coefficient (Wildman–Crippen LogP) is 4.47. The molecule has 11 heteroatoms. The van der Waals surface area contributed by atoms with Crippen LogP contribution in [0, 0.1) is 0 Å². The van der Waals surface area contributed by atoms with E-state index < -0.39 is 28.5 Å². The lowest BCUT2D eigenvalue weighted by atomic mass is 10.2. The minimum Gasteiger partial charge on any atom is -0.452 e. The van der Waals surface area contributed by atoms with E-state index >= 15 is 0 Å². The Bertz CT molecular complexity index is 1350. The minimum absolute atomic E-state index is 0.183. The van der Waals surface area contributed by atoms with Gasteiger partial charge in [0.05, 0.1) is 11.3 Å². The highest BCUT2D eigenvalue weighted by molar-refractivity contribution is 7.94. The van der Waals surface area contributed by atoms with Crippen molar-refractivity contribution in [3.8, 4) is 11.3 Å². The summed E-state index contributed by atoms with van der Waals surface area (Å²) in [6, 6.07) is 18.4. The molecule has 33 heavy (non-hydrogen) atoms. The molecule has 0 aliphatic carbocycles. The maximum atomic E-state index is 12.3. The molecule has 0 aliphatic heterocycles. The number of benzene rings is 2. The SMILES string of the molecule is O=C(COC(=O)c1ccc(NS(=O)(=O)c2cccs2)cc1)Nc1nc(-c2ccccc2)cs1. The van der Waals surface area contributed by atoms with E-state index in [2.05, 4.69) is 15.0 Å². The Morgan fingerprint density at radius 2 is 1.70 bits per heavy atom. The number of carbonyl (C=O) groups is 2. The molecule has 0 radical (unpaired) electrons. The van der Waals surface area contributed by atoms with Gasteiger partial charge in [-0.15, -0.1) is 22.7 Å². The Labute approximate surface area is 197 Å². The lowest BCUT2D eigenvalue weighted by Gasteiger charge is -2.08. The van der Waals surface area contributed by atoms with Crippen LogP contribution in [0.15, 0.2) is 81.7 Å². The zero-order valence-corrected chi connectivity index (χ0v) is 19.4. The van der Waals surface area contributed by atoms with Gasteiger partial charge in [-0.05, 0) is 35.7 Å².